The predicted octanol–water partition coefficient (Wildman–Crippen LogP) is 1.67. The van der Waals surface area contributed by atoms with Crippen LogP contribution in [-0.2, 0) is 19.9 Å². The number of hydrazine groups is 1. The molecule has 17 heavy (non-hydrogen) atoms. The van der Waals surface area contributed by atoms with Crippen molar-refractivity contribution in [2.45, 2.75) is 39.2 Å². The molecule has 1 heterocycles. The van der Waals surface area contributed by atoms with E-state index in [0.29, 0.717) is 12.0 Å². The maximum absolute atomic E-state index is 6.34. The average molecular weight is 257 g/mol. The minimum atomic E-state index is 0.308. The number of hydrogen-bond acceptors (Lipinski definition) is 3. The molecular formula is C12H21ClN4. The summed E-state index contributed by atoms with van der Waals surface area (Å²) in [4.78, 5) is 0. The Morgan fingerprint density at radius 3 is 2.71 bits per heavy atom. The van der Waals surface area contributed by atoms with Crippen LogP contribution in [0.1, 0.15) is 31.7 Å². The quantitative estimate of drug-likeness (QED) is 0.622. The molecule has 5 heteroatoms. The highest BCUT2D eigenvalue weighted by Gasteiger charge is 2.39. The van der Waals surface area contributed by atoms with Crippen molar-refractivity contribution in [3.05, 3.63) is 16.4 Å². The van der Waals surface area contributed by atoms with E-state index in [1.807, 2.05) is 11.7 Å². The van der Waals surface area contributed by atoms with E-state index in [9.17, 15) is 0 Å². The van der Waals surface area contributed by atoms with Gasteiger partial charge in [0.2, 0.25) is 0 Å². The van der Waals surface area contributed by atoms with E-state index in [0.717, 1.165) is 35.2 Å². The Morgan fingerprint density at radius 1 is 1.65 bits per heavy atom. The van der Waals surface area contributed by atoms with Gasteiger partial charge in [0.15, 0.2) is 0 Å². The Morgan fingerprint density at radius 2 is 2.29 bits per heavy atom. The summed E-state index contributed by atoms with van der Waals surface area (Å²) >= 11 is 6.34. The first kappa shape index (κ1) is 12.9. The summed E-state index contributed by atoms with van der Waals surface area (Å²) in [6.07, 6.45) is 2.98. The van der Waals surface area contributed by atoms with Crippen molar-refractivity contribution in [1.29, 1.82) is 0 Å². The molecule has 3 N–H and O–H groups in total. The first-order valence-corrected chi connectivity index (χ1v) is 6.62. The fraction of sp³-hybridized carbons (Fsp3) is 0.750. The lowest BCUT2D eigenvalue weighted by molar-refractivity contribution is 0.443. The van der Waals surface area contributed by atoms with Crippen LogP contribution in [0.2, 0.25) is 5.02 Å². The van der Waals surface area contributed by atoms with E-state index in [1.165, 1.54) is 6.42 Å². The van der Waals surface area contributed by atoms with Gasteiger partial charge in [0.1, 0.15) is 0 Å². The normalized spacial score (nSPS) is 25.0. The topological polar surface area (TPSA) is 55.9 Å². The molecule has 0 aliphatic heterocycles. The van der Waals surface area contributed by atoms with E-state index in [-0.39, 0.29) is 0 Å². The van der Waals surface area contributed by atoms with Gasteiger partial charge in [-0.25, -0.2) is 0 Å². The second-order valence-electron chi connectivity index (χ2n) is 5.04. The molecule has 0 bridgehead atoms. The van der Waals surface area contributed by atoms with Crippen LogP contribution in [-0.4, -0.2) is 15.8 Å². The highest BCUT2D eigenvalue weighted by Crippen LogP contribution is 2.41. The van der Waals surface area contributed by atoms with Crippen molar-refractivity contribution in [2.24, 2.45) is 24.7 Å². The molecule has 1 aliphatic rings. The van der Waals surface area contributed by atoms with Crippen molar-refractivity contribution in [3.63, 3.8) is 0 Å². The molecule has 4 nitrogen and oxygen atoms in total. The van der Waals surface area contributed by atoms with E-state index < -0.39 is 0 Å². The van der Waals surface area contributed by atoms with Crippen LogP contribution >= 0.6 is 11.6 Å². The largest absolute Gasteiger partial charge is 0.271 e. The lowest BCUT2D eigenvalue weighted by atomic mass is 10.1. The van der Waals surface area contributed by atoms with E-state index >= 15 is 0 Å². The molecular weight excluding hydrogens is 236 g/mol. The number of aryl methyl sites for hydroxylation is 2. The van der Waals surface area contributed by atoms with Gasteiger partial charge in [-0.3, -0.25) is 16.0 Å². The summed E-state index contributed by atoms with van der Waals surface area (Å²) in [5.74, 6) is 7.09. The number of aromatic nitrogens is 2. The Hall–Kier alpha value is -0.580. The van der Waals surface area contributed by atoms with Gasteiger partial charge in [-0.1, -0.05) is 25.4 Å². The van der Waals surface area contributed by atoms with Gasteiger partial charge >= 0.3 is 0 Å². The predicted molar refractivity (Wildman–Crippen MR) is 69.7 cm³/mol. The van der Waals surface area contributed by atoms with Crippen LogP contribution in [0.15, 0.2) is 0 Å². The molecule has 0 radical (unpaired) electrons. The summed E-state index contributed by atoms with van der Waals surface area (Å²) in [5.41, 5.74) is 4.99. The molecule has 3 atom stereocenters. The number of rotatable bonds is 5. The molecule has 0 saturated heterocycles. The summed E-state index contributed by atoms with van der Waals surface area (Å²) in [6, 6.07) is 0.308. The summed E-state index contributed by atoms with van der Waals surface area (Å²) in [7, 11) is 1.95. The van der Waals surface area contributed by atoms with Gasteiger partial charge in [-0.05, 0) is 24.7 Å². The summed E-state index contributed by atoms with van der Waals surface area (Å²) < 4.78 is 1.89. The van der Waals surface area contributed by atoms with Gasteiger partial charge in [0, 0.05) is 19.5 Å². The fourth-order valence-corrected chi connectivity index (χ4v) is 2.87. The third kappa shape index (κ3) is 2.49. The molecule has 1 fully saturated rings. The number of halogens is 1. The first-order valence-electron chi connectivity index (χ1n) is 6.24. The van der Waals surface area contributed by atoms with Crippen molar-refractivity contribution in [1.82, 2.24) is 15.2 Å². The standard InChI is InChI=1S/C12H21ClN4/c1-4-9-12(13)11(17(3)16-9)6-10(15-14)8-5-7(8)2/h7-8,10,15H,4-6,14H2,1-3H3. The lowest BCUT2D eigenvalue weighted by Gasteiger charge is -2.15. The zero-order chi connectivity index (χ0) is 12.6. The van der Waals surface area contributed by atoms with Crippen LogP contribution in [0.3, 0.4) is 0 Å². The molecule has 0 aromatic carbocycles. The number of nitrogens with two attached hydrogens (primary N) is 1. The average Bonchev–Trinajstić information content (AvgIpc) is 2.96. The molecule has 0 spiro atoms. The van der Waals surface area contributed by atoms with Gasteiger partial charge in [-0.2, -0.15) is 5.10 Å². The van der Waals surface area contributed by atoms with Crippen molar-refractivity contribution < 1.29 is 0 Å². The van der Waals surface area contributed by atoms with Crippen LogP contribution in [0.4, 0.5) is 0 Å². The second-order valence-corrected chi connectivity index (χ2v) is 5.42. The number of nitrogens with zero attached hydrogens (tertiary/aromatic N) is 2. The maximum atomic E-state index is 6.34. The highest BCUT2D eigenvalue weighted by atomic mass is 35.5. The lowest BCUT2D eigenvalue weighted by Crippen LogP contribution is -2.39. The van der Waals surface area contributed by atoms with Gasteiger partial charge in [0.05, 0.1) is 16.4 Å². The summed E-state index contributed by atoms with van der Waals surface area (Å²) in [5, 5.41) is 5.24. The Kier molecular flexibility index (Phi) is 3.76. The van der Waals surface area contributed by atoms with E-state index in [2.05, 4.69) is 24.4 Å². The van der Waals surface area contributed by atoms with Gasteiger partial charge in [-0.15, -0.1) is 0 Å². The molecule has 1 aliphatic carbocycles. The van der Waals surface area contributed by atoms with Gasteiger partial charge < -0.3 is 0 Å². The van der Waals surface area contributed by atoms with Crippen LogP contribution in [0, 0.1) is 11.8 Å². The minimum absolute atomic E-state index is 0.308. The monoisotopic (exact) mass is 256 g/mol. The van der Waals surface area contributed by atoms with E-state index in [1.54, 1.807) is 0 Å². The molecule has 0 amide bonds. The van der Waals surface area contributed by atoms with Crippen molar-refractivity contribution in [2.75, 3.05) is 0 Å². The highest BCUT2D eigenvalue weighted by molar-refractivity contribution is 6.31. The molecule has 96 valence electrons. The molecule has 2 rings (SSSR count). The summed E-state index contributed by atoms with van der Waals surface area (Å²) in [6.45, 7) is 4.33. The Balaban J connectivity index is 2.14. The van der Waals surface area contributed by atoms with Crippen LogP contribution in [0.25, 0.3) is 0 Å². The smallest absolute Gasteiger partial charge is 0.0850 e. The number of hydrogen-bond donors (Lipinski definition) is 2. The number of nitrogens with one attached hydrogen (secondary N) is 1. The van der Waals surface area contributed by atoms with Crippen molar-refractivity contribution in [3.8, 4) is 0 Å². The third-order valence-electron chi connectivity index (χ3n) is 3.82. The SMILES string of the molecule is CCc1nn(C)c(CC(NN)C2CC2C)c1Cl. The Labute approximate surface area is 107 Å². The Bertz CT molecular complexity index is 401. The second kappa shape index (κ2) is 4.96. The van der Waals surface area contributed by atoms with Gasteiger partial charge in [0.25, 0.3) is 0 Å². The maximum Gasteiger partial charge on any atom is 0.0850 e. The first-order chi connectivity index (χ1) is 8.08. The zero-order valence-corrected chi connectivity index (χ0v) is 11.5. The van der Waals surface area contributed by atoms with Crippen molar-refractivity contribution >= 4 is 11.6 Å². The minimum Gasteiger partial charge on any atom is -0.271 e. The van der Waals surface area contributed by atoms with Crippen LogP contribution < -0.4 is 11.3 Å². The molecule has 1 saturated carbocycles. The zero-order valence-electron chi connectivity index (χ0n) is 10.7. The van der Waals surface area contributed by atoms with Crippen LogP contribution in [0.5, 0.6) is 0 Å². The fourth-order valence-electron chi connectivity index (χ4n) is 2.50. The molecule has 1 aromatic heterocycles. The molecule has 3 unspecified atom stereocenters. The van der Waals surface area contributed by atoms with E-state index in [4.69, 9.17) is 17.4 Å². The third-order valence-corrected chi connectivity index (χ3v) is 4.26. The molecule has 1 aromatic rings.